The van der Waals surface area contributed by atoms with Gasteiger partial charge < -0.3 is 10.6 Å². The first-order valence-corrected chi connectivity index (χ1v) is 10.9. The largest absolute Gasteiger partial charge is 0.336 e. The lowest BCUT2D eigenvalue weighted by molar-refractivity contribution is 0.0743. The van der Waals surface area contributed by atoms with E-state index in [9.17, 15) is 13.2 Å². The minimum Gasteiger partial charge on any atom is -0.336 e. The summed E-state index contributed by atoms with van der Waals surface area (Å²) >= 11 is 0. The number of likely N-dealkylation sites (tertiary alicyclic amines) is 1. The van der Waals surface area contributed by atoms with Crippen molar-refractivity contribution < 1.29 is 13.2 Å². The standard InChI is InChI=1S/C19H29N3O3S/c1-14-4-3-9-21(12-14)26(24,25)18-7-5-17(6-8-18)19(23)22-13-16(11-20)10-15(22)2/h5-8,14-16H,3-4,9-13,20H2,1-2H3. The Morgan fingerprint density at radius 2 is 1.88 bits per heavy atom. The molecule has 26 heavy (non-hydrogen) atoms. The van der Waals surface area contributed by atoms with Crippen LogP contribution in [0.1, 0.15) is 43.5 Å². The average Bonchev–Trinajstić information content (AvgIpc) is 3.02. The first-order valence-electron chi connectivity index (χ1n) is 9.44. The lowest BCUT2D eigenvalue weighted by Crippen LogP contribution is -2.39. The van der Waals surface area contributed by atoms with E-state index in [4.69, 9.17) is 5.73 Å². The zero-order chi connectivity index (χ0) is 18.9. The van der Waals surface area contributed by atoms with Crippen LogP contribution in [0, 0.1) is 11.8 Å². The average molecular weight is 380 g/mol. The molecule has 0 saturated carbocycles. The Kier molecular flexibility index (Phi) is 5.69. The third-order valence-electron chi connectivity index (χ3n) is 5.61. The quantitative estimate of drug-likeness (QED) is 0.866. The van der Waals surface area contributed by atoms with Gasteiger partial charge in [-0.05, 0) is 68.8 Å². The highest BCUT2D eigenvalue weighted by Crippen LogP contribution is 2.26. The molecule has 2 saturated heterocycles. The van der Waals surface area contributed by atoms with Crippen LogP contribution in [-0.4, -0.2) is 55.8 Å². The monoisotopic (exact) mass is 379 g/mol. The van der Waals surface area contributed by atoms with Crippen molar-refractivity contribution in [3.63, 3.8) is 0 Å². The summed E-state index contributed by atoms with van der Waals surface area (Å²) in [5, 5.41) is 0. The Morgan fingerprint density at radius 3 is 2.46 bits per heavy atom. The van der Waals surface area contributed by atoms with Gasteiger partial charge in [-0.15, -0.1) is 0 Å². The maximum atomic E-state index is 12.8. The third-order valence-corrected chi connectivity index (χ3v) is 7.49. The minimum atomic E-state index is -3.49. The summed E-state index contributed by atoms with van der Waals surface area (Å²) in [6, 6.07) is 6.54. The fourth-order valence-corrected chi connectivity index (χ4v) is 5.64. The van der Waals surface area contributed by atoms with E-state index in [0.717, 1.165) is 19.3 Å². The van der Waals surface area contributed by atoms with E-state index in [2.05, 4.69) is 6.92 Å². The van der Waals surface area contributed by atoms with E-state index < -0.39 is 10.0 Å². The number of rotatable bonds is 4. The first-order chi connectivity index (χ1) is 12.3. The van der Waals surface area contributed by atoms with Gasteiger partial charge in [0, 0.05) is 31.2 Å². The molecule has 3 unspecified atom stereocenters. The molecule has 7 heteroatoms. The molecule has 2 fully saturated rings. The third kappa shape index (κ3) is 3.80. The SMILES string of the molecule is CC1CCCN(S(=O)(=O)c2ccc(C(=O)N3CC(CN)CC3C)cc2)C1. The van der Waals surface area contributed by atoms with Crippen LogP contribution >= 0.6 is 0 Å². The number of sulfonamides is 1. The Bertz CT molecular complexity index is 748. The number of piperidine rings is 1. The number of amides is 1. The van der Waals surface area contributed by atoms with E-state index in [1.54, 1.807) is 28.6 Å². The second kappa shape index (κ2) is 7.66. The molecule has 3 rings (SSSR count). The highest BCUT2D eigenvalue weighted by Gasteiger charge is 2.33. The summed E-state index contributed by atoms with van der Waals surface area (Å²) in [6.45, 7) is 6.49. The molecular formula is C19H29N3O3S. The van der Waals surface area contributed by atoms with Gasteiger partial charge in [0.15, 0.2) is 0 Å². The molecule has 3 atom stereocenters. The van der Waals surface area contributed by atoms with Crippen LogP contribution in [-0.2, 0) is 10.0 Å². The minimum absolute atomic E-state index is 0.0519. The molecule has 2 aliphatic rings. The van der Waals surface area contributed by atoms with Gasteiger partial charge in [-0.3, -0.25) is 4.79 Å². The van der Waals surface area contributed by atoms with E-state index in [0.29, 0.717) is 43.6 Å². The number of carbonyl (C=O) groups excluding carboxylic acids is 1. The van der Waals surface area contributed by atoms with Gasteiger partial charge in [-0.2, -0.15) is 4.31 Å². The molecule has 1 amide bonds. The second-order valence-corrected chi connectivity index (χ2v) is 9.72. The van der Waals surface area contributed by atoms with Gasteiger partial charge >= 0.3 is 0 Å². The van der Waals surface area contributed by atoms with E-state index in [1.807, 2.05) is 11.8 Å². The Labute approximate surface area is 156 Å². The van der Waals surface area contributed by atoms with Crippen molar-refractivity contribution in [1.29, 1.82) is 0 Å². The maximum absolute atomic E-state index is 12.8. The molecule has 2 N–H and O–H groups in total. The maximum Gasteiger partial charge on any atom is 0.254 e. The highest BCUT2D eigenvalue weighted by molar-refractivity contribution is 7.89. The van der Waals surface area contributed by atoms with Crippen molar-refractivity contribution >= 4 is 15.9 Å². The van der Waals surface area contributed by atoms with Gasteiger partial charge in [0.05, 0.1) is 4.90 Å². The molecule has 0 aromatic heterocycles. The molecule has 2 heterocycles. The Morgan fingerprint density at radius 1 is 1.19 bits per heavy atom. The van der Waals surface area contributed by atoms with Crippen LogP contribution < -0.4 is 5.73 Å². The van der Waals surface area contributed by atoms with Gasteiger partial charge in [0.25, 0.3) is 5.91 Å². The van der Waals surface area contributed by atoms with Crippen molar-refractivity contribution in [1.82, 2.24) is 9.21 Å². The van der Waals surface area contributed by atoms with Gasteiger partial charge in [0.2, 0.25) is 10.0 Å². The van der Waals surface area contributed by atoms with Crippen molar-refractivity contribution in [3.8, 4) is 0 Å². The molecule has 144 valence electrons. The highest BCUT2D eigenvalue weighted by atomic mass is 32.2. The van der Waals surface area contributed by atoms with Crippen LogP contribution in [0.3, 0.4) is 0 Å². The molecule has 0 spiro atoms. The summed E-state index contributed by atoms with van der Waals surface area (Å²) in [4.78, 5) is 14.9. The zero-order valence-corrected chi connectivity index (χ0v) is 16.4. The fraction of sp³-hybridized carbons (Fsp3) is 0.632. The normalized spacial score (nSPS) is 27.7. The molecular weight excluding hydrogens is 350 g/mol. The van der Waals surface area contributed by atoms with E-state index >= 15 is 0 Å². The van der Waals surface area contributed by atoms with Gasteiger partial charge in [-0.25, -0.2) is 8.42 Å². The number of nitrogens with zero attached hydrogens (tertiary/aromatic N) is 2. The van der Waals surface area contributed by atoms with Crippen LogP contribution in [0.2, 0.25) is 0 Å². The fourth-order valence-electron chi connectivity index (χ4n) is 4.05. The first kappa shape index (κ1) is 19.3. The summed E-state index contributed by atoms with van der Waals surface area (Å²) in [7, 11) is -3.49. The molecule has 1 aromatic rings. The molecule has 0 radical (unpaired) electrons. The number of nitrogens with two attached hydrogens (primary N) is 1. The van der Waals surface area contributed by atoms with Crippen molar-refractivity contribution in [2.45, 2.75) is 44.0 Å². The molecule has 1 aromatic carbocycles. The number of hydrogen-bond donors (Lipinski definition) is 1. The van der Waals surface area contributed by atoms with Crippen LogP contribution in [0.25, 0.3) is 0 Å². The Balaban J connectivity index is 1.75. The number of hydrogen-bond acceptors (Lipinski definition) is 4. The van der Waals surface area contributed by atoms with Crippen LogP contribution in [0.4, 0.5) is 0 Å². The lowest BCUT2D eigenvalue weighted by atomic mass is 10.0. The van der Waals surface area contributed by atoms with E-state index in [1.165, 1.54) is 0 Å². The second-order valence-electron chi connectivity index (χ2n) is 7.78. The predicted molar refractivity (Wildman–Crippen MR) is 101 cm³/mol. The molecule has 0 aliphatic carbocycles. The molecule has 2 aliphatic heterocycles. The van der Waals surface area contributed by atoms with Crippen LogP contribution in [0.15, 0.2) is 29.2 Å². The van der Waals surface area contributed by atoms with E-state index in [-0.39, 0.29) is 16.8 Å². The summed E-state index contributed by atoms with van der Waals surface area (Å²) < 4.78 is 27.2. The Hall–Kier alpha value is -1.44. The van der Waals surface area contributed by atoms with Crippen molar-refractivity contribution in [2.24, 2.45) is 17.6 Å². The summed E-state index contributed by atoms with van der Waals surface area (Å²) in [6.07, 6.45) is 2.88. The molecule has 0 bridgehead atoms. The zero-order valence-electron chi connectivity index (χ0n) is 15.6. The van der Waals surface area contributed by atoms with Gasteiger partial charge in [-0.1, -0.05) is 6.92 Å². The lowest BCUT2D eigenvalue weighted by Gasteiger charge is -2.30. The van der Waals surface area contributed by atoms with Crippen molar-refractivity contribution in [2.75, 3.05) is 26.2 Å². The topological polar surface area (TPSA) is 83.7 Å². The number of benzene rings is 1. The summed E-state index contributed by atoms with van der Waals surface area (Å²) in [5.74, 6) is 0.671. The smallest absolute Gasteiger partial charge is 0.254 e. The van der Waals surface area contributed by atoms with Crippen molar-refractivity contribution in [3.05, 3.63) is 29.8 Å². The number of carbonyl (C=O) groups is 1. The van der Waals surface area contributed by atoms with Crippen LogP contribution in [0.5, 0.6) is 0 Å². The molecule has 6 nitrogen and oxygen atoms in total. The van der Waals surface area contributed by atoms with Gasteiger partial charge in [0.1, 0.15) is 0 Å². The summed E-state index contributed by atoms with van der Waals surface area (Å²) in [5.41, 5.74) is 6.26. The predicted octanol–water partition coefficient (Wildman–Crippen LogP) is 1.92.